The zero-order chi connectivity index (χ0) is 20.7. The van der Waals surface area contributed by atoms with Crippen molar-refractivity contribution in [1.29, 1.82) is 0 Å². The van der Waals surface area contributed by atoms with Crippen molar-refractivity contribution < 1.29 is 24.4 Å². The van der Waals surface area contributed by atoms with E-state index < -0.39 is 12.2 Å². The highest BCUT2D eigenvalue weighted by molar-refractivity contribution is 5.44. The summed E-state index contributed by atoms with van der Waals surface area (Å²) in [6.45, 7) is 2.99. The molecule has 2 N–H and O–H groups in total. The predicted molar refractivity (Wildman–Crippen MR) is 112 cm³/mol. The number of β-amino-alcohol motifs (C(OH)–C–C–N with tert-alkyl or cyclic N) is 1. The molecule has 6 nitrogen and oxygen atoms in total. The van der Waals surface area contributed by atoms with E-state index >= 15 is 0 Å². The van der Waals surface area contributed by atoms with E-state index in [4.69, 9.17) is 14.2 Å². The van der Waals surface area contributed by atoms with Gasteiger partial charge in [0.05, 0.1) is 25.9 Å². The van der Waals surface area contributed by atoms with Crippen LogP contribution in [0.1, 0.15) is 48.2 Å². The largest absolute Gasteiger partial charge is 0.497 e. The maximum absolute atomic E-state index is 10.8. The summed E-state index contributed by atoms with van der Waals surface area (Å²) in [5.41, 5.74) is 2.61. The number of methoxy groups -OCH3 is 1. The molecule has 0 aromatic heterocycles. The van der Waals surface area contributed by atoms with Crippen molar-refractivity contribution >= 4 is 0 Å². The van der Waals surface area contributed by atoms with Crippen LogP contribution in [0.2, 0.25) is 0 Å². The fourth-order valence-corrected chi connectivity index (χ4v) is 4.96. The van der Waals surface area contributed by atoms with Crippen molar-refractivity contribution in [2.24, 2.45) is 0 Å². The van der Waals surface area contributed by atoms with Gasteiger partial charge >= 0.3 is 0 Å². The van der Waals surface area contributed by atoms with Gasteiger partial charge in [-0.05, 0) is 48.2 Å². The van der Waals surface area contributed by atoms with Gasteiger partial charge in [0.15, 0.2) is 0 Å². The SMILES string of the molecule is COc1ccc2c(c1)OC1(CCN(C[C@@H](O)c3ccc4c(c3)CCO4)CC1)C[C@@H]2O. The second-order valence-electron chi connectivity index (χ2n) is 8.69. The van der Waals surface area contributed by atoms with Crippen LogP contribution >= 0.6 is 0 Å². The van der Waals surface area contributed by atoms with Crippen molar-refractivity contribution in [2.75, 3.05) is 33.4 Å². The first-order valence-corrected chi connectivity index (χ1v) is 10.8. The number of rotatable bonds is 4. The third-order valence-corrected chi connectivity index (χ3v) is 6.77. The average molecular weight is 411 g/mol. The predicted octanol–water partition coefficient (Wildman–Crippen LogP) is 3.01. The van der Waals surface area contributed by atoms with Crippen molar-refractivity contribution in [3.8, 4) is 17.2 Å². The van der Waals surface area contributed by atoms with Gasteiger partial charge in [-0.15, -0.1) is 0 Å². The Balaban J connectivity index is 1.23. The van der Waals surface area contributed by atoms with E-state index in [9.17, 15) is 10.2 Å². The maximum Gasteiger partial charge on any atom is 0.129 e. The molecule has 0 aliphatic carbocycles. The number of fused-ring (bicyclic) bond motifs is 2. The van der Waals surface area contributed by atoms with Gasteiger partial charge in [0.1, 0.15) is 22.8 Å². The topological polar surface area (TPSA) is 71.4 Å². The summed E-state index contributed by atoms with van der Waals surface area (Å²) in [6, 6.07) is 11.6. The Morgan fingerprint density at radius 1 is 1.17 bits per heavy atom. The lowest BCUT2D eigenvalue weighted by molar-refractivity contribution is -0.0588. The molecule has 2 aromatic rings. The highest BCUT2D eigenvalue weighted by Gasteiger charge is 2.43. The minimum Gasteiger partial charge on any atom is -0.497 e. The maximum atomic E-state index is 10.8. The Kier molecular flexibility index (Phi) is 5.09. The number of aliphatic hydroxyl groups is 2. The molecule has 3 aliphatic rings. The van der Waals surface area contributed by atoms with E-state index in [0.29, 0.717) is 13.0 Å². The summed E-state index contributed by atoms with van der Waals surface area (Å²) in [5, 5.41) is 21.5. The van der Waals surface area contributed by atoms with Crippen LogP contribution in [0.3, 0.4) is 0 Å². The summed E-state index contributed by atoms with van der Waals surface area (Å²) in [6.07, 6.45) is 2.12. The zero-order valence-corrected chi connectivity index (χ0v) is 17.3. The number of likely N-dealkylation sites (tertiary alicyclic amines) is 1. The smallest absolute Gasteiger partial charge is 0.129 e. The summed E-state index contributed by atoms with van der Waals surface area (Å²) in [5.74, 6) is 2.40. The molecule has 160 valence electrons. The first kappa shape index (κ1) is 19.7. The quantitative estimate of drug-likeness (QED) is 0.806. The fraction of sp³-hybridized carbons (Fsp3) is 0.500. The van der Waals surface area contributed by atoms with Crippen LogP contribution in [0.15, 0.2) is 36.4 Å². The molecule has 0 saturated carbocycles. The molecule has 3 aliphatic heterocycles. The lowest BCUT2D eigenvalue weighted by Gasteiger charge is -2.46. The first-order chi connectivity index (χ1) is 14.5. The summed E-state index contributed by atoms with van der Waals surface area (Å²) >= 11 is 0. The van der Waals surface area contributed by atoms with E-state index in [1.165, 1.54) is 5.56 Å². The molecule has 1 spiro atoms. The molecule has 1 fully saturated rings. The number of hydrogen-bond acceptors (Lipinski definition) is 6. The summed E-state index contributed by atoms with van der Waals surface area (Å²) < 4.78 is 17.3. The Morgan fingerprint density at radius 2 is 2.00 bits per heavy atom. The second-order valence-corrected chi connectivity index (χ2v) is 8.69. The van der Waals surface area contributed by atoms with Gasteiger partial charge < -0.3 is 29.3 Å². The van der Waals surface area contributed by atoms with Crippen molar-refractivity contribution in [3.63, 3.8) is 0 Å². The molecule has 1 saturated heterocycles. The molecule has 0 unspecified atom stereocenters. The van der Waals surface area contributed by atoms with E-state index in [1.54, 1.807) is 7.11 Å². The monoisotopic (exact) mass is 411 g/mol. The molecule has 2 atom stereocenters. The molecule has 30 heavy (non-hydrogen) atoms. The lowest BCUT2D eigenvalue weighted by atomic mass is 9.81. The van der Waals surface area contributed by atoms with Gasteiger partial charge in [-0.3, -0.25) is 0 Å². The Morgan fingerprint density at radius 3 is 2.80 bits per heavy atom. The van der Waals surface area contributed by atoms with Gasteiger partial charge in [0.2, 0.25) is 0 Å². The number of nitrogens with zero attached hydrogens (tertiary/aromatic N) is 1. The van der Waals surface area contributed by atoms with E-state index in [0.717, 1.165) is 67.3 Å². The molecular weight excluding hydrogens is 382 g/mol. The molecule has 5 rings (SSSR count). The fourth-order valence-electron chi connectivity index (χ4n) is 4.96. The molecule has 6 heteroatoms. The minimum atomic E-state index is -0.523. The Labute approximate surface area is 177 Å². The molecular formula is C24H29NO5. The van der Waals surface area contributed by atoms with E-state index in [1.807, 2.05) is 30.3 Å². The number of piperidine rings is 1. The highest BCUT2D eigenvalue weighted by Crippen LogP contribution is 2.45. The molecule has 0 amide bonds. The van der Waals surface area contributed by atoms with Crippen LogP contribution in [-0.4, -0.2) is 54.1 Å². The van der Waals surface area contributed by atoms with Crippen LogP contribution in [0.25, 0.3) is 0 Å². The molecule has 3 heterocycles. The average Bonchev–Trinajstić information content (AvgIpc) is 3.23. The Hall–Kier alpha value is -2.28. The van der Waals surface area contributed by atoms with Crippen molar-refractivity contribution in [3.05, 3.63) is 53.1 Å². The van der Waals surface area contributed by atoms with Crippen molar-refractivity contribution in [1.82, 2.24) is 4.90 Å². The van der Waals surface area contributed by atoms with Gasteiger partial charge in [-0.25, -0.2) is 0 Å². The third-order valence-electron chi connectivity index (χ3n) is 6.77. The van der Waals surface area contributed by atoms with Crippen LogP contribution in [0.4, 0.5) is 0 Å². The van der Waals surface area contributed by atoms with Crippen molar-refractivity contribution in [2.45, 2.75) is 43.5 Å². The normalized spacial score (nSPS) is 23.2. The second kappa shape index (κ2) is 7.76. The van der Waals surface area contributed by atoms with Crippen LogP contribution in [0, 0.1) is 0 Å². The first-order valence-electron chi connectivity index (χ1n) is 10.8. The number of hydrogen-bond donors (Lipinski definition) is 2. The molecule has 0 radical (unpaired) electrons. The van der Waals surface area contributed by atoms with E-state index in [-0.39, 0.29) is 5.60 Å². The molecule has 0 bridgehead atoms. The van der Waals surface area contributed by atoms with Crippen LogP contribution in [-0.2, 0) is 6.42 Å². The van der Waals surface area contributed by atoms with Crippen LogP contribution in [0.5, 0.6) is 17.2 Å². The standard InChI is InChI=1S/C24H29NO5/c1-28-18-3-4-19-20(26)14-24(30-23(19)13-18)7-9-25(10-8-24)15-21(27)16-2-5-22-17(12-16)6-11-29-22/h2-5,12-13,20-21,26-27H,6-11,14-15H2,1H3/t20-,21+/m0/s1. The number of benzene rings is 2. The number of aliphatic hydroxyl groups excluding tert-OH is 2. The van der Waals surface area contributed by atoms with E-state index in [2.05, 4.69) is 11.0 Å². The van der Waals surface area contributed by atoms with Crippen LogP contribution < -0.4 is 14.2 Å². The van der Waals surface area contributed by atoms with Gasteiger partial charge in [0, 0.05) is 44.1 Å². The Bertz CT molecular complexity index is 922. The highest BCUT2D eigenvalue weighted by atomic mass is 16.5. The minimum absolute atomic E-state index is 0.356. The third kappa shape index (κ3) is 3.64. The van der Waals surface area contributed by atoms with Gasteiger partial charge in [0.25, 0.3) is 0 Å². The summed E-state index contributed by atoms with van der Waals surface area (Å²) in [7, 11) is 1.63. The summed E-state index contributed by atoms with van der Waals surface area (Å²) in [4.78, 5) is 2.29. The van der Waals surface area contributed by atoms with Gasteiger partial charge in [-0.2, -0.15) is 0 Å². The molecule has 2 aromatic carbocycles. The lowest BCUT2D eigenvalue weighted by Crippen LogP contribution is -2.51. The van der Waals surface area contributed by atoms with Gasteiger partial charge in [-0.1, -0.05) is 6.07 Å². The zero-order valence-electron chi connectivity index (χ0n) is 17.3. The number of ether oxygens (including phenoxy) is 3.